The first-order valence-electron chi connectivity index (χ1n) is 7.42. The van der Waals surface area contributed by atoms with E-state index in [-0.39, 0.29) is 0 Å². The highest BCUT2D eigenvalue weighted by Crippen LogP contribution is 2.31. The summed E-state index contributed by atoms with van der Waals surface area (Å²) in [6.45, 7) is 8.98. The molecule has 3 heteroatoms. The zero-order chi connectivity index (χ0) is 13.0. The van der Waals surface area contributed by atoms with Crippen molar-refractivity contribution in [1.82, 2.24) is 9.55 Å². The molecule has 3 nitrogen and oxygen atoms in total. The number of aromatic nitrogens is 2. The Morgan fingerprint density at radius 3 is 2.89 bits per heavy atom. The van der Waals surface area contributed by atoms with Crippen LogP contribution in [0.4, 0.5) is 5.95 Å². The molecule has 2 atom stereocenters. The zero-order valence-electron chi connectivity index (χ0n) is 12.0. The number of nitrogens with one attached hydrogen (secondary N) is 1. The van der Waals surface area contributed by atoms with Crippen LogP contribution >= 0.6 is 0 Å². The number of anilines is 1. The van der Waals surface area contributed by atoms with Crippen molar-refractivity contribution in [3.05, 3.63) is 12.4 Å². The van der Waals surface area contributed by atoms with Crippen LogP contribution in [0, 0.1) is 17.8 Å². The van der Waals surface area contributed by atoms with E-state index < -0.39 is 0 Å². The number of hydrogen-bond acceptors (Lipinski definition) is 2. The Morgan fingerprint density at radius 2 is 2.17 bits per heavy atom. The maximum absolute atomic E-state index is 4.43. The molecular weight excluding hydrogens is 222 g/mol. The monoisotopic (exact) mass is 249 g/mol. The van der Waals surface area contributed by atoms with Crippen molar-refractivity contribution in [2.75, 3.05) is 11.9 Å². The maximum Gasteiger partial charge on any atom is 0.202 e. The van der Waals surface area contributed by atoms with Gasteiger partial charge in [-0.1, -0.05) is 40.0 Å². The summed E-state index contributed by atoms with van der Waals surface area (Å²) in [7, 11) is 0. The Morgan fingerprint density at radius 1 is 1.39 bits per heavy atom. The molecule has 0 bridgehead atoms. The van der Waals surface area contributed by atoms with E-state index in [1.165, 1.54) is 25.7 Å². The molecular formula is C15H27N3. The summed E-state index contributed by atoms with van der Waals surface area (Å²) in [4.78, 5) is 4.43. The Kier molecular flexibility index (Phi) is 4.67. The molecule has 0 amide bonds. The van der Waals surface area contributed by atoms with Crippen LogP contribution in [0.2, 0.25) is 0 Å². The normalized spacial score (nSPS) is 24.4. The lowest BCUT2D eigenvalue weighted by atomic mass is 9.80. The van der Waals surface area contributed by atoms with Gasteiger partial charge in [0.15, 0.2) is 0 Å². The van der Waals surface area contributed by atoms with E-state index in [9.17, 15) is 0 Å². The average molecular weight is 249 g/mol. The van der Waals surface area contributed by atoms with Gasteiger partial charge in [-0.2, -0.15) is 0 Å². The first-order chi connectivity index (χ1) is 8.66. The molecule has 102 valence electrons. The summed E-state index contributed by atoms with van der Waals surface area (Å²) in [5.41, 5.74) is 0. The summed E-state index contributed by atoms with van der Waals surface area (Å²) in [6, 6.07) is 0. The second-order valence-corrected chi connectivity index (χ2v) is 6.20. The van der Waals surface area contributed by atoms with Gasteiger partial charge in [-0.3, -0.25) is 0 Å². The topological polar surface area (TPSA) is 29.9 Å². The SMILES string of the molecule is CC(C)CNc1nccn1CC1CCCCC1C. The number of rotatable bonds is 5. The van der Waals surface area contributed by atoms with Gasteiger partial charge < -0.3 is 9.88 Å². The first-order valence-corrected chi connectivity index (χ1v) is 7.42. The minimum Gasteiger partial charge on any atom is -0.355 e. The molecule has 0 radical (unpaired) electrons. The van der Waals surface area contributed by atoms with Crippen molar-refractivity contribution >= 4 is 5.95 Å². The second kappa shape index (κ2) is 6.26. The van der Waals surface area contributed by atoms with E-state index in [0.29, 0.717) is 5.92 Å². The lowest BCUT2D eigenvalue weighted by molar-refractivity contribution is 0.229. The van der Waals surface area contributed by atoms with Crippen molar-refractivity contribution in [3.63, 3.8) is 0 Å². The molecule has 1 aromatic heterocycles. The summed E-state index contributed by atoms with van der Waals surface area (Å²) >= 11 is 0. The quantitative estimate of drug-likeness (QED) is 0.860. The molecule has 0 aromatic carbocycles. The zero-order valence-corrected chi connectivity index (χ0v) is 12.0. The fourth-order valence-corrected chi connectivity index (χ4v) is 2.84. The summed E-state index contributed by atoms with van der Waals surface area (Å²) < 4.78 is 2.30. The number of imidazole rings is 1. The third kappa shape index (κ3) is 3.50. The van der Waals surface area contributed by atoms with Crippen LogP contribution in [-0.4, -0.2) is 16.1 Å². The molecule has 1 aromatic rings. The molecule has 0 spiro atoms. The van der Waals surface area contributed by atoms with E-state index >= 15 is 0 Å². The molecule has 2 unspecified atom stereocenters. The minimum absolute atomic E-state index is 0.656. The van der Waals surface area contributed by atoms with Gasteiger partial charge in [-0.15, -0.1) is 0 Å². The van der Waals surface area contributed by atoms with Crippen LogP contribution in [0.5, 0.6) is 0 Å². The van der Waals surface area contributed by atoms with Crippen molar-refractivity contribution in [1.29, 1.82) is 0 Å². The van der Waals surface area contributed by atoms with Gasteiger partial charge in [0.25, 0.3) is 0 Å². The lowest BCUT2D eigenvalue weighted by Crippen LogP contribution is -2.23. The molecule has 2 rings (SSSR count). The van der Waals surface area contributed by atoms with Crippen LogP contribution in [-0.2, 0) is 6.54 Å². The highest BCUT2D eigenvalue weighted by Gasteiger charge is 2.22. The smallest absolute Gasteiger partial charge is 0.202 e. The van der Waals surface area contributed by atoms with Crippen molar-refractivity contribution in [2.24, 2.45) is 17.8 Å². The molecule has 1 heterocycles. The third-order valence-electron chi connectivity index (χ3n) is 4.10. The Balaban J connectivity index is 1.94. The van der Waals surface area contributed by atoms with Gasteiger partial charge in [0, 0.05) is 25.5 Å². The first kappa shape index (κ1) is 13.4. The van der Waals surface area contributed by atoms with Crippen LogP contribution in [0.1, 0.15) is 46.5 Å². The predicted octanol–water partition coefficient (Wildman–Crippen LogP) is 3.78. The molecule has 1 aliphatic carbocycles. The fraction of sp³-hybridized carbons (Fsp3) is 0.800. The minimum atomic E-state index is 0.656. The Labute approximate surface area is 111 Å². The average Bonchev–Trinajstić information content (AvgIpc) is 2.77. The van der Waals surface area contributed by atoms with Gasteiger partial charge in [0.2, 0.25) is 5.95 Å². The van der Waals surface area contributed by atoms with E-state index in [2.05, 4.69) is 41.8 Å². The van der Waals surface area contributed by atoms with Gasteiger partial charge in [-0.25, -0.2) is 4.98 Å². The molecule has 1 saturated carbocycles. The molecule has 18 heavy (non-hydrogen) atoms. The highest BCUT2D eigenvalue weighted by atomic mass is 15.2. The standard InChI is InChI=1S/C15H27N3/c1-12(2)10-17-15-16-8-9-18(15)11-14-7-5-4-6-13(14)3/h8-9,12-14H,4-7,10-11H2,1-3H3,(H,16,17). The molecule has 1 aliphatic rings. The van der Waals surface area contributed by atoms with Gasteiger partial charge in [0.1, 0.15) is 0 Å². The van der Waals surface area contributed by atoms with Gasteiger partial charge in [-0.05, 0) is 24.2 Å². The van der Waals surface area contributed by atoms with Crippen LogP contribution < -0.4 is 5.32 Å². The highest BCUT2D eigenvalue weighted by molar-refractivity contribution is 5.25. The summed E-state index contributed by atoms with van der Waals surface area (Å²) in [6.07, 6.45) is 9.62. The fourth-order valence-electron chi connectivity index (χ4n) is 2.84. The van der Waals surface area contributed by atoms with E-state index in [1.807, 2.05) is 6.20 Å². The second-order valence-electron chi connectivity index (χ2n) is 6.20. The van der Waals surface area contributed by atoms with E-state index in [0.717, 1.165) is 30.9 Å². The van der Waals surface area contributed by atoms with Crippen LogP contribution in [0.15, 0.2) is 12.4 Å². The molecule has 0 aliphatic heterocycles. The van der Waals surface area contributed by atoms with Crippen LogP contribution in [0.25, 0.3) is 0 Å². The van der Waals surface area contributed by atoms with Crippen molar-refractivity contribution in [2.45, 2.75) is 53.0 Å². The molecule has 1 N–H and O–H groups in total. The molecule has 0 saturated heterocycles. The van der Waals surface area contributed by atoms with Crippen molar-refractivity contribution < 1.29 is 0 Å². The lowest BCUT2D eigenvalue weighted by Gasteiger charge is -2.29. The van der Waals surface area contributed by atoms with Crippen LogP contribution in [0.3, 0.4) is 0 Å². The predicted molar refractivity (Wildman–Crippen MR) is 76.7 cm³/mol. The van der Waals surface area contributed by atoms with Gasteiger partial charge >= 0.3 is 0 Å². The largest absolute Gasteiger partial charge is 0.355 e. The maximum atomic E-state index is 4.43. The van der Waals surface area contributed by atoms with E-state index in [4.69, 9.17) is 0 Å². The number of hydrogen-bond donors (Lipinski definition) is 1. The van der Waals surface area contributed by atoms with E-state index in [1.54, 1.807) is 0 Å². The third-order valence-corrected chi connectivity index (χ3v) is 4.10. The summed E-state index contributed by atoms with van der Waals surface area (Å²) in [5, 5.41) is 3.45. The summed E-state index contributed by atoms with van der Waals surface area (Å²) in [5.74, 6) is 3.39. The number of nitrogens with zero attached hydrogens (tertiary/aromatic N) is 2. The Hall–Kier alpha value is -0.990. The van der Waals surface area contributed by atoms with Crippen molar-refractivity contribution in [3.8, 4) is 0 Å². The Bertz CT molecular complexity index is 356. The van der Waals surface area contributed by atoms with Gasteiger partial charge in [0.05, 0.1) is 0 Å². The molecule has 1 fully saturated rings.